The molecular weight excluding hydrogens is 266 g/mol. The normalized spacial score (nSPS) is 24.5. The SMILES string of the molecule is NC(CC1CCCCC1)C(O)C(=O)NNC1CCCCC1. The first kappa shape index (κ1) is 16.7. The van der Waals surface area contributed by atoms with E-state index in [0.29, 0.717) is 12.0 Å². The molecule has 2 rings (SSSR count). The van der Waals surface area contributed by atoms with Crippen LogP contribution in [-0.2, 0) is 4.79 Å². The fourth-order valence-corrected chi connectivity index (χ4v) is 3.63. The van der Waals surface area contributed by atoms with Gasteiger partial charge >= 0.3 is 0 Å². The van der Waals surface area contributed by atoms with Gasteiger partial charge in [-0.3, -0.25) is 10.2 Å². The molecule has 0 spiro atoms. The van der Waals surface area contributed by atoms with Crippen molar-refractivity contribution in [2.75, 3.05) is 0 Å². The molecule has 5 heteroatoms. The number of amides is 1. The topological polar surface area (TPSA) is 87.4 Å². The Morgan fingerprint density at radius 2 is 1.62 bits per heavy atom. The van der Waals surface area contributed by atoms with E-state index in [2.05, 4.69) is 10.9 Å². The molecule has 2 fully saturated rings. The van der Waals surface area contributed by atoms with Crippen LogP contribution < -0.4 is 16.6 Å². The maximum Gasteiger partial charge on any atom is 0.264 e. The molecule has 0 aromatic carbocycles. The number of aliphatic hydroxyl groups is 1. The van der Waals surface area contributed by atoms with E-state index in [1.165, 1.54) is 51.4 Å². The van der Waals surface area contributed by atoms with Crippen molar-refractivity contribution in [3.63, 3.8) is 0 Å². The summed E-state index contributed by atoms with van der Waals surface area (Å²) in [6.45, 7) is 0. The number of carbonyl (C=O) groups is 1. The molecule has 2 aliphatic carbocycles. The lowest BCUT2D eigenvalue weighted by atomic mass is 9.84. The van der Waals surface area contributed by atoms with E-state index in [1.54, 1.807) is 0 Å². The van der Waals surface area contributed by atoms with E-state index >= 15 is 0 Å². The summed E-state index contributed by atoms with van der Waals surface area (Å²) >= 11 is 0. The van der Waals surface area contributed by atoms with Crippen molar-refractivity contribution < 1.29 is 9.90 Å². The van der Waals surface area contributed by atoms with Crippen molar-refractivity contribution in [2.24, 2.45) is 11.7 Å². The summed E-state index contributed by atoms with van der Waals surface area (Å²) in [5.41, 5.74) is 11.7. The van der Waals surface area contributed by atoms with E-state index in [0.717, 1.165) is 19.3 Å². The van der Waals surface area contributed by atoms with Gasteiger partial charge in [-0.05, 0) is 25.2 Å². The molecule has 21 heavy (non-hydrogen) atoms. The molecule has 1 amide bonds. The predicted molar refractivity (Wildman–Crippen MR) is 83.3 cm³/mol. The Bertz CT molecular complexity index is 313. The van der Waals surface area contributed by atoms with Crippen LogP contribution in [0.4, 0.5) is 0 Å². The summed E-state index contributed by atoms with van der Waals surface area (Å²) in [6, 6.07) is -0.120. The molecule has 2 saturated carbocycles. The highest BCUT2D eigenvalue weighted by molar-refractivity contribution is 5.80. The van der Waals surface area contributed by atoms with E-state index in [4.69, 9.17) is 5.73 Å². The zero-order valence-electron chi connectivity index (χ0n) is 13.0. The van der Waals surface area contributed by atoms with Crippen LogP contribution >= 0.6 is 0 Å². The Morgan fingerprint density at radius 1 is 1.05 bits per heavy atom. The maximum absolute atomic E-state index is 12.0. The number of hydrogen-bond acceptors (Lipinski definition) is 4. The summed E-state index contributed by atoms with van der Waals surface area (Å²) in [6.07, 6.45) is 11.7. The molecule has 0 heterocycles. The number of carbonyl (C=O) groups excluding carboxylic acids is 1. The molecule has 5 N–H and O–H groups in total. The van der Waals surface area contributed by atoms with E-state index in [1.807, 2.05) is 0 Å². The first-order valence-electron chi connectivity index (χ1n) is 8.66. The summed E-state index contributed by atoms with van der Waals surface area (Å²) in [7, 11) is 0. The van der Waals surface area contributed by atoms with E-state index in [9.17, 15) is 9.90 Å². The Morgan fingerprint density at radius 3 is 2.24 bits per heavy atom. The molecule has 2 unspecified atom stereocenters. The van der Waals surface area contributed by atoms with Gasteiger partial charge in [0.25, 0.3) is 5.91 Å². The zero-order valence-corrected chi connectivity index (χ0v) is 13.0. The van der Waals surface area contributed by atoms with Crippen LogP contribution in [0, 0.1) is 5.92 Å². The monoisotopic (exact) mass is 297 g/mol. The van der Waals surface area contributed by atoms with Crippen molar-refractivity contribution >= 4 is 5.91 Å². The lowest BCUT2D eigenvalue weighted by Gasteiger charge is -2.28. The lowest BCUT2D eigenvalue weighted by Crippen LogP contribution is -2.53. The van der Waals surface area contributed by atoms with Crippen molar-refractivity contribution in [1.29, 1.82) is 0 Å². The number of rotatable bonds is 6. The number of nitrogens with one attached hydrogen (secondary N) is 2. The minimum absolute atomic E-state index is 0.337. The van der Waals surface area contributed by atoms with Gasteiger partial charge in [0, 0.05) is 12.1 Å². The first-order chi connectivity index (χ1) is 10.2. The van der Waals surface area contributed by atoms with Gasteiger partial charge in [0.05, 0.1) is 0 Å². The van der Waals surface area contributed by atoms with Crippen LogP contribution in [0.15, 0.2) is 0 Å². The standard InChI is InChI=1S/C16H31N3O2/c17-14(11-12-7-3-1-4-8-12)15(20)16(21)19-18-13-9-5-2-6-10-13/h12-15,18,20H,1-11,17H2,(H,19,21). The third-order valence-electron chi connectivity index (χ3n) is 5.01. The molecule has 0 aromatic heterocycles. The van der Waals surface area contributed by atoms with Gasteiger partial charge in [-0.1, -0.05) is 51.4 Å². The van der Waals surface area contributed by atoms with E-state index in [-0.39, 0.29) is 5.91 Å². The molecule has 2 atom stereocenters. The predicted octanol–water partition coefficient (Wildman–Crippen LogP) is 1.60. The van der Waals surface area contributed by atoms with Crippen LogP contribution in [0.5, 0.6) is 0 Å². The Kier molecular flexibility index (Phi) is 6.93. The molecule has 122 valence electrons. The van der Waals surface area contributed by atoms with Gasteiger partial charge in [-0.2, -0.15) is 0 Å². The molecule has 5 nitrogen and oxygen atoms in total. The minimum atomic E-state index is -1.11. The van der Waals surface area contributed by atoms with Gasteiger partial charge in [0.1, 0.15) is 6.10 Å². The van der Waals surface area contributed by atoms with Crippen LogP contribution in [0.1, 0.15) is 70.6 Å². The second-order valence-corrected chi connectivity index (χ2v) is 6.82. The lowest BCUT2D eigenvalue weighted by molar-refractivity contribution is -0.132. The van der Waals surface area contributed by atoms with Crippen molar-refractivity contribution in [3.05, 3.63) is 0 Å². The average molecular weight is 297 g/mol. The first-order valence-corrected chi connectivity index (χ1v) is 8.66. The van der Waals surface area contributed by atoms with Crippen molar-refractivity contribution in [3.8, 4) is 0 Å². The third-order valence-corrected chi connectivity index (χ3v) is 5.01. The maximum atomic E-state index is 12.0. The molecular formula is C16H31N3O2. The van der Waals surface area contributed by atoms with Gasteiger partial charge in [0.2, 0.25) is 0 Å². The third kappa shape index (κ3) is 5.57. The fourth-order valence-electron chi connectivity index (χ4n) is 3.63. The summed E-state index contributed by atoms with van der Waals surface area (Å²) in [5, 5.41) is 10.1. The Hall–Kier alpha value is -0.650. The Balaban J connectivity index is 1.67. The Labute approximate surface area is 128 Å². The smallest absolute Gasteiger partial charge is 0.264 e. The van der Waals surface area contributed by atoms with Crippen LogP contribution in [0.25, 0.3) is 0 Å². The van der Waals surface area contributed by atoms with Gasteiger partial charge < -0.3 is 10.8 Å². The number of hydrazine groups is 1. The molecule has 0 aromatic rings. The highest BCUT2D eigenvalue weighted by Crippen LogP contribution is 2.27. The second kappa shape index (κ2) is 8.71. The van der Waals surface area contributed by atoms with Crippen LogP contribution in [0.2, 0.25) is 0 Å². The molecule has 0 saturated heterocycles. The molecule has 2 aliphatic rings. The average Bonchev–Trinajstić information content (AvgIpc) is 2.53. The quantitative estimate of drug-likeness (QED) is 0.561. The number of nitrogens with two attached hydrogens (primary N) is 1. The summed E-state index contributed by atoms with van der Waals surface area (Å²) in [4.78, 5) is 12.0. The van der Waals surface area contributed by atoms with Gasteiger partial charge in [-0.25, -0.2) is 5.43 Å². The fraction of sp³-hybridized carbons (Fsp3) is 0.938. The zero-order chi connectivity index (χ0) is 15.1. The highest BCUT2D eigenvalue weighted by Gasteiger charge is 2.27. The molecule has 0 radical (unpaired) electrons. The van der Waals surface area contributed by atoms with Gasteiger partial charge in [-0.15, -0.1) is 0 Å². The molecule has 0 aliphatic heterocycles. The highest BCUT2D eigenvalue weighted by atomic mass is 16.3. The minimum Gasteiger partial charge on any atom is -0.382 e. The summed E-state index contributed by atoms with van der Waals surface area (Å²) < 4.78 is 0. The number of aliphatic hydroxyl groups excluding tert-OH is 1. The second-order valence-electron chi connectivity index (χ2n) is 6.82. The molecule has 0 bridgehead atoms. The van der Waals surface area contributed by atoms with Crippen LogP contribution in [0.3, 0.4) is 0 Å². The summed E-state index contributed by atoms with van der Waals surface area (Å²) in [5.74, 6) is 0.186. The van der Waals surface area contributed by atoms with Crippen molar-refractivity contribution in [1.82, 2.24) is 10.9 Å². The van der Waals surface area contributed by atoms with E-state index < -0.39 is 12.1 Å². The van der Waals surface area contributed by atoms with Gasteiger partial charge in [0.15, 0.2) is 0 Å². The largest absolute Gasteiger partial charge is 0.382 e. The van der Waals surface area contributed by atoms with Crippen LogP contribution in [-0.4, -0.2) is 29.2 Å². The number of hydrogen-bond donors (Lipinski definition) is 4. The van der Waals surface area contributed by atoms with Crippen molar-refractivity contribution in [2.45, 2.75) is 88.8 Å².